The monoisotopic (exact) mass is 430 g/mol. The lowest BCUT2D eigenvalue weighted by molar-refractivity contribution is 0.568. The van der Waals surface area contributed by atoms with Crippen LogP contribution in [0.2, 0.25) is 0 Å². The van der Waals surface area contributed by atoms with Crippen LogP contribution in [0.1, 0.15) is 49.9 Å². The number of aryl methyl sites for hydroxylation is 1. The van der Waals surface area contributed by atoms with Gasteiger partial charge in [-0.1, -0.05) is 55.5 Å². The molecular formula is C23H34N4O2S. The number of nitrogens with zero attached hydrogens (tertiary/aromatic N) is 1. The van der Waals surface area contributed by atoms with E-state index in [-0.39, 0.29) is 11.8 Å². The summed E-state index contributed by atoms with van der Waals surface area (Å²) in [5.74, 6) is 0.669. The molecule has 0 saturated carbocycles. The first kappa shape index (κ1) is 23.9. The van der Waals surface area contributed by atoms with Crippen LogP contribution in [0.4, 0.5) is 0 Å². The summed E-state index contributed by atoms with van der Waals surface area (Å²) in [5, 5.41) is 6.60. The van der Waals surface area contributed by atoms with Gasteiger partial charge in [0.1, 0.15) is 0 Å². The topological polar surface area (TPSA) is 82.6 Å². The van der Waals surface area contributed by atoms with E-state index < -0.39 is 10.0 Å². The summed E-state index contributed by atoms with van der Waals surface area (Å²) in [5.41, 5.74) is 4.23. The van der Waals surface area contributed by atoms with E-state index in [2.05, 4.69) is 40.5 Å². The SMILES string of the molecule is CCNC(=NCc1ccccc1CC)NCc1ccccc1CS(=O)(=O)NC(C)C. The standard InChI is InChI=1S/C23H34N4O2S/c1-5-19-11-7-8-12-20(19)15-25-23(24-6-2)26-16-21-13-9-10-14-22(21)17-30(28,29)27-18(3)4/h7-14,18,27H,5-6,15-17H2,1-4H3,(H2,24,25,26). The second-order valence-corrected chi connectivity index (χ2v) is 9.23. The molecule has 30 heavy (non-hydrogen) atoms. The van der Waals surface area contributed by atoms with Gasteiger partial charge < -0.3 is 10.6 Å². The maximum Gasteiger partial charge on any atom is 0.216 e. The number of hydrogen-bond acceptors (Lipinski definition) is 3. The van der Waals surface area contributed by atoms with Gasteiger partial charge in [-0.3, -0.25) is 0 Å². The maximum atomic E-state index is 12.4. The molecule has 0 spiro atoms. The van der Waals surface area contributed by atoms with E-state index in [9.17, 15) is 8.42 Å². The molecule has 2 aromatic rings. The van der Waals surface area contributed by atoms with E-state index in [4.69, 9.17) is 4.99 Å². The normalized spacial score (nSPS) is 12.2. The molecular weight excluding hydrogens is 396 g/mol. The summed E-state index contributed by atoms with van der Waals surface area (Å²) in [6, 6.07) is 15.8. The van der Waals surface area contributed by atoms with Crippen molar-refractivity contribution >= 4 is 16.0 Å². The summed E-state index contributed by atoms with van der Waals surface area (Å²) in [4.78, 5) is 4.71. The first-order valence-electron chi connectivity index (χ1n) is 10.5. The fourth-order valence-corrected chi connectivity index (χ4v) is 4.71. The zero-order chi connectivity index (χ0) is 22.0. The van der Waals surface area contributed by atoms with Crippen molar-refractivity contribution in [1.29, 1.82) is 0 Å². The number of sulfonamides is 1. The van der Waals surface area contributed by atoms with Gasteiger partial charge in [0.15, 0.2) is 5.96 Å². The highest BCUT2D eigenvalue weighted by atomic mass is 32.2. The number of benzene rings is 2. The molecule has 2 aromatic carbocycles. The van der Waals surface area contributed by atoms with Crippen LogP contribution in [0.3, 0.4) is 0 Å². The van der Waals surface area contributed by atoms with Gasteiger partial charge in [-0.25, -0.2) is 18.1 Å². The fraction of sp³-hybridized carbons (Fsp3) is 0.435. The van der Waals surface area contributed by atoms with Gasteiger partial charge >= 0.3 is 0 Å². The third kappa shape index (κ3) is 7.80. The van der Waals surface area contributed by atoms with Crippen molar-refractivity contribution < 1.29 is 8.42 Å². The molecule has 0 fully saturated rings. The van der Waals surface area contributed by atoms with Crippen molar-refractivity contribution in [3.63, 3.8) is 0 Å². The van der Waals surface area contributed by atoms with Crippen LogP contribution in [0.5, 0.6) is 0 Å². The molecule has 7 heteroatoms. The molecule has 0 saturated heterocycles. The second kappa shape index (κ2) is 11.7. The molecule has 0 atom stereocenters. The Hall–Kier alpha value is -2.38. The Morgan fingerprint density at radius 2 is 1.50 bits per heavy atom. The smallest absolute Gasteiger partial charge is 0.216 e. The molecule has 3 N–H and O–H groups in total. The Morgan fingerprint density at radius 1 is 0.900 bits per heavy atom. The first-order valence-corrected chi connectivity index (χ1v) is 12.2. The van der Waals surface area contributed by atoms with Crippen LogP contribution >= 0.6 is 0 Å². The van der Waals surface area contributed by atoms with Crippen molar-refractivity contribution in [1.82, 2.24) is 15.4 Å². The Labute approximate surface area is 181 Å². The average molecular weight is 431 g/mol. The van der Waals surface area contributed by atoms with Crippen LogP contribution in [0.25, 0.3) is 0 Å². The number of rotatable bonds is 10. The minimum absolute atomic E-state index is 0.0411. The Balaban J connectivity index is 2.11. The number of nitrogens with one attached hydrogen (secondary N) is 3. The highest BCUT2D eigenvalue weighted by Crippen LogP contribution is 2.13. The van der Waals surface area contributed by atoms with Gasteiger partial charge in [-0.2, -0.15) is 0 Å². The molecule has 0 unspecified atom stereocenters. The Bertz CT molecular complexity index is 940. The molecule has 0 bridgehead atoms. The summed E-state index contributed by atoms with van der Waals surface area (Å²) in [6.45, 7) is 9.64. The van der Waals surface area contributed by atoms with Crippen molar-refractivity contribution in [3.05, 3.63) is 70.8 Å². The highest BCUT2D eigenvalue weighted by Gasteiger charge is 2.15. The first-order chi connectivity index (χ1) is 14.3. The fourth-order valence-electron chi connectivity index (χ4n) is 3.22. The van der Waals surface area contributed by atoms with Crippen LogP contribution in [0.15, 0.2) is 53.5 Å². The Morgan fingerprint density at radius 3 is 2.10 bits per heavy atom. The average Bonchev–Trinajstić information content (AvgIpc) is 2.70. The lowest BCUT2D eigenvalue weighted by atomic mass is 10.1. The van der Waals surface area contributed by atoms with Crippen molar-refractivity contribution in [2.45, 2.75) is 59.0 Å². The summed E-state index contributed by atoms with van der Waals surface area (Å²) < 4.78 is 27.4. The molecule has 0 aliphatic carbocycles. The van der Waals surface area contributed by atoms with E-state index in [0.29, 0.717) is 19.0 Å². The maximum absolute atomic E-state index is 12.4. The van der Waals surface area contributed by atoms with Gasteiger partial charge in [0.2, 0.25) is 10.0 Å². The van der Waals surface area contributed by atoms with Gasteiger partial charge in [0, 0.05) is 19.1 Å². The van der Waals surface area contributed by atoms with E-state index in [0.717, 1.165) is 24.1 Å². The van der Waals surface area contributed by atoms with Crippen LogP contribution in [-0.2, 0) is 35.3 Å². The predicted octanol–water partition coefficient (Wildman–Crippen LogP) is 3.33. The molecule has 6 nitrogen and oxygen atoms in total. The molecule has 0 radical (unpaired) electrons. The molecule has 0 amide bonds. The number of aliphatic imine (C=N–C) groups is 1. The molecule has 0 aromatic heterocycles. The van der Waals surface area contributed by atoms with E-state index in [1.54, 1.807) is 0 Å². The zero-order valence-electron chi connectivity index (χ0n) is 18.4. The van der Waals surface area contributed by atoms with Crippen LogP contribution in [0, 0.1) is 0 Å². The van der Waals surface area contributed by atoms with Gasteiger partial charge in [0.05, 0.1) is 12.3 Å². The van der Waals surface area contributed by atoms with E-state index in [1.807, 2.05) is 51.1 Å². The second-order valence-electron chi connectivity index (χ2n) is 7.47. The summed E-state index contributed by atoms with van der Waals surface area (Å²) >= 11 is 0. The van der Waals surface area contributed by atoms with E-state index >= 15 is 0 Å². The molecule has 0 heterocycles. The minimum atomic E-state index is -3.38. The quantitative estimate of drug-likeness (QED) is 0.399. The number of guanidine groups is 1. The van der Waals surface area contributed by atoms with E-state index in [1.165, 1.54) is 11.1 Å². The van der Waals surface area contributed by atoms with Crippen LogP contribution in [-0.4, -0.2) is 27.0 Å². The lowest BCUT2D eigenvalue weighted by Crippen LogP contribution is -2.37. The lowest BCUT2D eigenvalue weighted by Gasteiger charge is -2.15. The third-order valence-corrected chi connectivity index (χ3v) is 6.10. The van der Waals surface area contributed by atoms with Crippen molar-refractivity contribution in [2.75, 3.05) is 6.54 Å². The third-order valence-electron chi connectivity index (χ3n) is 4.58. The van der Waals surface area contributed by atoms with Crippen molar-refractivity contribution in [3.8, 4) is 0 Å². The van der Waals surface area contributed by atoms with Gasteiger partial charge in [-0.05, 0) is 49.4 Å². The van der Waals surface area contributed by atoms with Gasteiger partial charge in [0.25, 0.3) is 0 Å². The highest BCUT2D eigenvalue weighted by molar-refractivity contribution is 7.88. The number of hydrogen-bond donors (Lipinski definition) is 3. The molecule has 164 valence electrons. The molecule has 0 aliphatic heterocycles. The molecule has 2 rings (SSSR count). The zero-order valence-corrected chi connectivity index (χ0v) is 19.2. The largest absolute Gasteiger partial charge is 0.357 e. The van der Waals surface area contributed by atoms with Crippen LogP contribution < -0.4 is 15.4 Å². The van der Waals surface area contributed by atoms with Crippen molar-refractivity contribution in [2.24, 2.45) is 4.99 Å². The van der Waals surface area contributed by atoms with Gasteiger partial charge in [-0.15, -0.1) is 0 Å². The Kier molecular flexibility index (Phi) is 9.33. The minimum Gasteiger partial charge on any atom is -0.357 e. The summed E-state index contributed by atoms with van der Waals surface area (Å²) in [6.07, 6.45) is 0.974. The molecule has 0 aliphatic rings. The summed E-state index contributed by atoms with van der Waals surface area (Å²) in [7, 11) is -3.38. The predicted molar refractivity (Wildman–Crippen MR) is 125 cm³/mol.